The Morgan fingerprint density at radius 2 is 1.65 bits per heavy atom. The number of nitrogens with zero attached hydrogens (tertiary/aromatic N) is 1. The van der Waals surface area contributed by atoms with Gasteiger partial charge in [0, 0.05) is 35.5 Å². The summed E-state index contributed by atoms with van der Waals surface area (Å²) in [5.74, 6) is -3.17. The van der Waals surface area contributed by atoms with Crippen molar-refractivity contribution in [3.05, 3.63) is 77.3 Å². The van der Waals surface area contributed by atoms with Gasteiger partial charge in [-0.3, -0.25) is 4.79 Å². The van der Waals surface area contributed by atoms with E-state index < -0.39 is 51.2 Å². The summed E-state index contributed by atoms with van der Waals surface area (Å²) in [5, 5.41) is 15.3. The molecule has 1 aliphatic rings. The fraction of sp³-hybridized carbons (Fsp3) is 0.200. The summed E-state index contributed by atoms with van der Waals surface area (Å²) in [4.78, 5) is 26.7. The van der Waals surface area contributed by atoms with E-state index in [-0.39, 0.29) is 29.0 Å². The molecule has 1 saturated heterocycles. The average Bonchev–Trinajstić information content (AvgIpc) is 3.24. The zero-order valence-electron chi connectivity index (χ0n) is 19.4. The smallest absolute Gasteiger partial charge is 0.322 e. The van der Waals surface area contributed by atoms with E-state index in [2.05, 4.69) is 10.6 Å². The molecule has 0 radical (unpaired) electrons. The number of sulfone groups is 1. The first-order valence-electron chi connectivity index (χ1n) is 11.0. The van der Waals surface area contributed by atoms with Gasteiger partial charge in [0.2, 0.25) is 5.91 Å². The van der Waals surface area contributed by atoms with Gasteiger partial charge in [-0.15, -0.1) is 0 Å². The summed E-state index contributed by atoms with van der Waals surface area (Å²) in [6, 6.07) is 11.9. The molecule has 1 fully saturated rings. The number of amides is 3. The van der Waals surface area contributed by atoms with E-state index in [1.54, 1.807) is 24.3 Å². The largest absolute Gasteiger partial charge is 0.391 e. The van der Waals surface area contributed by atoms with Gasteiger partial charge in [-0.1, -0.05) is 29.8 Å². The van der Waals surface area contributed by atoms with Crippen molar-refractivity contribution in [2.45, 2.75) is 23.5 Å². The molecule has 1 heterocycles. The molecule has 0 aliphatic carbocycles. The zero-order valence-corrected chi connectivity index (χ0v) is 21.0. The van der Waals surface area contributed by atoms with Crippen molar-refractivity contribution in [2.75, 3.05) is 23.4 Å². The maximum absolute atomic E-state index is 15.0. The molecule has 0 spiro atoms. The number of carbonyl (C=O) groups excluding carboxylic acids is 2. The molecule has 3 aromatic rings. The number of halogens is 3. The van der Waals surface area contributed by atoms with Gasteiger partial charge >= 0.3 is 6.03 Å². The molecular weight excluding hydrogens is 528 g/mol. The molecule has 4 rings (SSSR count). The van der Waals surface area contributed by atoms with E-state index in [0.717, 1.165) is 23.3 Å². The molecule has 194 valence electrons. The van der Waals surface area contributed by atoms with Crippen LogP contribution in [0.3, 0.4) is 0 Å². The van der Waals surface area contributed by atoms with Crippen LogP contribution in [0.25, 0.3) is 11.1 Å². The van der Waals surface area contributed by atoms with Crippen LogP contribution >= 0.6 is 11.6 Å². The van der Waals surface area contributed by atoms with E-state index >= 15 is 0 Å². The SMILES string of the molecule is CS(=O)(=O)c1ccccc1-c1cc(F)c(NC(=O)C2CC(O)CN2C(=O)Nc2ccc(Cl)cc2)c(F)c1. The Morgan fingerprint density at radius 3 is 2.27 bits per heavy atom. The molecule has 0 bridgehead atoms. The maximum atomic E-state index is 15.0. The summed E-state index contributed by atoms with van der Waals surface area (Å²) in [7, 11) is -3.68. The van der Waals surface area contributed by atoms with E-state index in [1.165, 1.54) is 24.3 Å². The molecule has 3 amide bonds. The number of aliphatic hydroxyl groups is 1. The number of likely N-dealkylation sites (tertiary alicyclic amines) is 1. The van der Waals surface area contributed by atoms with Crippen molar-refractivity contribution >= 4 is 44.8 Å². The van der Waals surface area contributed by atoms with Crippen LogP contribution < -0.4 is 10.6 Å². The summed E-state index contributed by atoms with van der Waals surface area (Å²) in [5.41, 5.74) is -0.291. The lowest BCUT2D eigenvalue weighted by molar-refractivity contribution is -0.119. The second-order valence-corrected chi connectivity index (χ2v) is 11.0. The normalized spacial score (nSPS) is 17.5. The minimum Gasteiger partial charge on any atom is -0.391 e. The number of hydrogen-bond donors (Lipinski definition) is 3. The maximum Gasteiger partial charge on any atom is 0.322 e. The molecule has 0 aromatic heterocycles. The van der Waals surface area contributed by atoms with Gasteiger partial charge in [0.25, 0.3) is 0 Å². The number of carbonyl (C=O) groups is 2. The highest BCUT2D eigenvalue weighted by atomic mass is 35.5. The Bertz CT molecular complexity index is 1440. The topological polar surface area (TPSA) is 116 Å². The van der Waals surface area contributed by atoms with Crippen LogP contribution in [0, 0.1) is 11.6 Å². The highest BCUT2D eigenvalue weighted by Crippen LogP contribution is 2.32. The Labute approximate surface area is 216 Å². The highest BCUT2D eigenvalue weighted by molar-refractivity contribution is 7.90. The van der Waals surface area contributed by atoms with Crippen LogP contribution in [0.15, 0.2) is 65.6 Å². The van der Waals surface area contributed by atoms with Crippen molar-refractivity contribution in [3.63, 3.8) is 0 Å². The van der Waals surface area contributed by atoms with Crippen LogP contribution in [-0.4, -0.2) is 55.3 Å². The molecule has 8 nitrogen and oxygen atoms in total. The lowest BCUT2D eigenvalue weighted by Crippen LogP contribution is -2.45. The predicted octanol–water partition coefficient (Wildman–Crippen LogP) is 4.29. The van der Waals surface area contributed by atoms with E-state index in [9.17, 15) is 31.9 Å². The Hall–Kier alpha value is -3.54. The van der Waals surface area contributed by atoms with Gasteiger partial charge in [-0.2, -0.15) is 0 Å². The van der Waals surface area contributed by atoms with Crippen LogP contribution in [0.5, 0.6) is 0 Å². The Morgan fingerprint density at radius 1 is 1.03 bits per heavy atom. The Kier molecular flexibility index (Phi) is 7.49. The quantitative estimate of drug-likeness (QED) is 0.439. The Balaban J connectivity index is 1.56. The molecule has 37 heavy (non-hydrogen) atoms. The standard InChI is InChI=1S/C25H22ClF2N3O5S/c1-37(35,36)22-5-3-2-4-18(22)14-10-19(27)23(20(28)11-14)30-24(33)21-12-17(32)13-31(21)25(34)29-16-8-6-15(26)7-9-16/h2-11,17,21,32H,12-13H2,1H3,(H,29,34)(H,30,33). The number of anilines is 2. The van der Waals surface area contributed by atoms with Crippen LogP contribution in [0.1, 0.15) is 6.42 Å². The third kappa shape index (κ3) is 5.90. The molecule has 3 N–H and O–H groups in total. The van der Waals surface area contributed by atoms with Gasteiger partial charge in [0.1, 0.15) is 23.4 Å². The lowest BCUT2D eigenvalue weighted by Gasteiger charge is -2.24. The molecule has 0 saturated carbocycles. The molecule has 1 aliphatic heterocycles. The van der Waals surface area contributed by atoms with Crippen LogP contribution in [-0.2, 0) is 14.6 Å². The molecule has 2 unspecified atom stereocenters. The van der Waals surface area contributed by atoms with Crippen molar-refractivity contribution in [2.24, 2.45) is 0 Å². The summed E-state index contributed by atoms with van der Waals surface area (Å²) < 4.78 is 54.1. The first-order valence-corrected chi connectivity index (χ1v) is 13.3. The van der Waals surface area contributed by atoms with E-state index in [1.807, 2.05) is 0 Å². The van der Waals surface area contributed by atoms with Gasteiger partial charge in [-0.05, 0) is 48.0 Å². The highest BCUT2D eigenvalue weighted by Gasteiger charge is 2.39. The van der Waals surface area contributed by atoms with Crippen LogP contribution in [0.4, 0.5) is 25.0 Å². The number of benzene rings is 3. The molecule has 3 aromatic carbocycles. The van der Waals surface area contributed by atoms with Crippen LogP contribution in [0.2, 0.25) is 5.02 Å². The van der Waals surface area contributed by atoms with Crippen molar-refractivity contribution in [1.29, 1.82) is 0 Å². The number of rotatable bonds is 5. The number of hydrogen-bond acceptors (Lipinski definition) is 5. The minimum atomic E-state index is -3.68. The van der Waals surface area contributed by atoms with Crippen molar-refractivity contribution in [1.82, 2.24) is 4.90 Å². The first kappa shape index (κ1) is 26.5. The monoisotopic (exact) mass is 549 g/mol. The predicted molar refractivity (Wildman–Crippen MR) is 135 cm³/mol. The second-order valence-electron chi connectivity index (χ2n) is 8.57. The summed E-state index contributed by atoms with van der Waals surface area (Å²) in [6.07, 6.45) is -0.169. The van der Waals surface area contributed by atoms with Gasteiger partial charge < -0.3 is 20.6 Å². The van der Waals surface area contributed by atoms with E-state index in [0.29, 0.717) is 10.7 Å². The van der Waals surface area contributed by atoms with Gasteiger partial charge in [0.15, 0.2) is 9.84 Å². The number of aliphatic hydroxyl groups excluding tert-OH is 1. The number of nitrogens with one attached hydrogen (secondary N) is 2. The zero-order chi connectivity index (χ0) is 26.9. The van der Waals surface area contributed by atoms with E-state index in [4.69, 9.17) is 11.6 Å². The lowest BCUT2D eigenvalue weighted by atomic mass is 10.0. The second kappa shape index (κ2) is 10.4. The molecule has 12 heteroatoms. The number of β-amino-alcohol motifs (C(OH)–C–C–N with tert-alkyl or cyclic N) is 1. The minimum absolute atomic E-state index is 0.0331. The first-order chi connectivity index (χ1) is 17.4. The third-order valence-electron chi connectivity index (χ3n) is 5.83. The fourth-order valence-electron chi connectivity index (χ4n) is 4.10. The molecule has 2 atom stereocenters. The summed E-state index contributed by atoms with van der Waals surface area (Å²) >= 11 is 5.84. The summed E-state index contributed by atoms with van der Waals surface area (Å²) in [6.45, 7) is -0.163. The van der Waals surface area contributed by atoms with Gasteiger partial charge in [-0.25, -0.2) is 22.0 Å². The van der Waals surface area contributed by atoms with Crippen molar-refractivity contribution in [3.8, 4) is 11.1 Å². The fourth-order valence-corrected chi connectivity index (χ4v) is 5.14. The average molecular weight is 550 g/mol. The third-order valence-corrected chi connectivity index (χ3v) is 7.23. The number of urea groups is 1. The van der Waals surface area contributed by atoms with Crippen molar-refractivity contribution < 1.29 is 31.9 Å². The molecular formula is C25H22ClF2N3O5S. The van der Waals surface area contributed by atoms with Gasteiger partial charge in [0.05, 0.1) is 11.0 Å².